The van der Waals surface area contributed by atoms with E-state index in [1.807, 2.05) is 36.3 Å². The molecule has 3 nitrogen and oxygen atoms in total. The highest BCUT2D eigenvalue weighted by atomic mass is 16.4. The second-order valence-electron chi connectivity index (χ2n) is 3.37. The van der Waals surface area contributed by atoms with Gasteiger partial charge in [-0.25, -0.2) is 4.79 Å². The van der Waals surface area contributed by atoms with E-state index in [4.69, 9.17) is 5.11 Å². The Labute approximate surface area is 82.3 Å². The molecule has 0 unspecified atom stereocenters. The summed E-state index contributed by atoms with van der Waals surface area (Å²) in [5, 5.41) is 8.83. The summed E-state index contributed by atoms with van der Waals surface area (Å²) >= 11 is 0. The molecule has 0 aromatic rings. The van der Waals surface area contributed by atoms with E-state index < -0.39 is 5.97 Å². The Morgan fingerprint density at radius 1 is 1.43 bits per heavy atom. The van der Waals surface area contributed by atoms with Gasteiger partial charge in [-0.1, -0.05) is 6.08 Å². The van der Waals surface area contributed by atoms with E-state index in [1.54, 1.807) is 6.08 Å². The maximum atomic E-state index is 10.7. The summed E-state index contributed by atoms with van der Waals surface area (Å²) in [7, 11) is 0. The van der Waals surface area contributed by atoms with Crippen LogP contribution in [-0.2, 0) is 4.79 Å². The van der Waals surface area contributed by atoms with Crippen LogP contribution in [0, 0.1) is 0 Å². The van der Waals surface area contributed by atoms with Gasteiger partial charge in [0.1, 0.15) is 0 Å². The number of fused-ring (bicyclic) bond motifs is 1. The molecule has 0 bridgehead atoms. The van der Waals surface area contributed by atoms with Gasteiger partial charge in [0, 0.05) is 11.9 Å². The van der Waals surface area contributed by atoms with Crippen LogP contribution in [0.4, 0.5) is 0 Å². The van der Waals surface area contributed by atoms with Crippen LogP contribution < -0.4 is 0 Å². The summed E-state index contributed by atoms with van der Waals surface area (Å²) in [6.45, 7) is 2.46. The van der Waals surface area contributed by atoms with Gasteiger partial charge >= 0.3 is 5.97 Å². The molecule has 0 atom stereocenters. The van der Waals surface area contributed by atoms with Crippen LogP contribution >= 0.6 is 0 Å². The van der Waals surface area contributed by atoms with Crippen LogP contribution in [-0.4, -0.2) is 22.5 Å². The molecule has 72 valence electrons. The summed E-state index contributed by atoms with van der Waals surface area (Å²) in [6.07, 6.45) is 9.36. The van der Waals surface area contributed by atoms with E-state index in [2.05, 4.69) is 0 Å². The molecule has 2 aliphatic rings. The third kappa shape index (κ3) is 1.37. The smallest absolute Gasteiger partial charge is 0.333 e. The zero-order valence-electron chi connectivity index (χ0n) is 7.90. The predicted molar refractivity (Wildman–Crippen MR) is 53.4 cm³/mol. The van der Waals surface area contributed by atoms with Crippen molar-refractivity contribution < 1.29 is 9.90 Å². The molecule has 0 amide bonds. The molecule has 0 saturated carbocycles. The SMILES string of the molecule is CC1=CC=CN2CC(C(=O)O)=CC=C12. The fourth-order valence-electron chi connectivity index (χ4n) is 1.60. The van der Waals surface area contributed by atoms with E-state index in [1.165, 1.54) is 0 Å². The Kier molecular flexibility index (Phi) is 2.00. The first-order valence-electron chi connectivity index (χ1n) is 4.45. The van der Waals surface area contributed by atoms with Crippen molar-refractivity contribution in [2.45, 2.75) is 6.92 Å². The van der Waals surface area contributed by atoms with Gasteiger partial charge in [-0.3, -0.25) is 0 Å². The number of carboxylic acid groups (broad SMARTS) is 1. The van der Waals surface area contributed by atoms with Crippen molar-refractivity contribution in [1.29, 1.82) is 0 Å². The summed E-state index contributed by atoms with van der Waals surface area (Å²) < 4.78 is 0. The highest BCUT2D eigenvalue weighted by Gasteiger charge is 2.19. The topological polar surface area (TPSA) is 40.5 Å². The summed E-state index contributed by atoms with van der Waals surface area (Å²) in [5.74, 6) is -0.846. The third-order valence-electron chi connectivity index (χ3n) is 2.38. The lowest BCUT2D eigenvalue weighted by atomic mass is 10.0. The van der Waals surface area contributed by atoms with Crippen molar-refractivity contribution in [2.24, 2.45) is 0 Å². The number of allylic oxidation sites excluding steroid dienone is 5. The molecule has 2 rings (SSSR count). The van der Waals surface area contributed by atoms with E-state index in [-0.39, 0.29) is 0 Å². The van der Waals surface area contributed by atoms with Crippen molar-refractivity contribution in [3.8, 4) is 0 Å². The van der Waals surface area contributed by atoms with Crippen LogP contribution in [0.5, 0.6) is 0 Å². The molecule has 0 aliphatic carbocycles. The highest BCUT2D eigenvalue weighted by Crippen LogP contribution is 2.24. The molecule has 1 N–H and O–H groups in total. The number of aliphatic carboxylic acids is 1. The molecular formula is C11H11NO2. The van der Waals surface area contributed by atoms with Gasteiger partial charge in [0.25, 0.3) is 0 Å². The van der Waals surface area contributed by atoms with Crippen LogP contribution in [0.2, 0.25) is 0 Å². The van der Waals surface area contributed by atoms with Gasteiger partial charge in [0.05, 0.1) is 12.1 Å². The minimum Gasteiger partial charge on any atom is -0.478 e. The van der Waals surface area contributed by atoms with Gasteiger partial charge in [-0.15, -0.1) is 0 Å². The Morgan fingerprint density at radius 3 is 2.93 bits per heavy atom. The maximum absolute atomic E-state index is 10.7. The molecule has 0 spiro atoms. The van der Waals surface area contributed by atoms with Crippen molar-refractivity contribution in [3.63, 3.8) is 0 Å². The normalized spacial score (nSPS) is 19.5. The summed E-state index contributed by atoms with van der Waals surface area (Å²) in [4.78, 5) is 12.7. The molecule has 0 radical (unpaired) electrons. The van der Waals surface area contributed by atoms with E-state index in [0.29, 0.717) is 12.1 Å². The van der Waals surface area contributed by atoms with E-state index in [9.17, 15) is 4.79 Å². The monoisotopic (exact) mass is 189 g/mol. The quantitative estimate of drug-likeness (QED) is 0.682. The Morgan fingerprint density at radius 2 is 2.21 bits per heavy atom. The van der Waals surface area contributed by atoms with Crippen molar-refractivity contribution >= 4 is 5.97 Å². The molecule has 0 aromatic heterocycles. The second-order valence-corrected chi connectivity index (χ2v) is 3.37. The Bertz CT molecular complexity index is 400. The standard InChI is InChI=1S/C11H11NO2/c1-8-3-2-6-12-7-9(11(13)14)4-5-10(8)12/h2-6H,7H2,1H3,(H,13,14). The predicted octanol–water partition coefficient (Wildman–Crippen LogP) is 1.67. The fraction of sp³-hybridized carbons (Fsp3) is 0.182. The molecule has 0 aromatic carbocycles. The van der Waals surface area contributed by atoms with Crippen LogP contribution in [0.1, 0.15) is 6.92 Å². The zero-order chi connectivity index (χ0) is 10.1. The number of nitrogens with zero attached hydrogens (tertiary/aromatic N) is 1. The minimum atomic E-state index is -0.846. The Balaban J connectivity index is 2.35. The summed E-state index contributed by atoms with van der Waals surface area (Å²) in [6, 6.07) is 0. The van der Waals surface area contributed by atoms with Crippen molar-refractivity contribution in [1.82, 2.24) is 4.90 Å². The van der Waals surface area contributed by atoms with Gasteiger partial charge < -0.3 is 10.0 Å². The number of rotatable bonds is 1. The third-order valence-corrected chi connectivity index (χ3v) is 2.38. The Hall–Kier alpha value is -1.77. The van der Waals surface area contributed by atoms with Gasteiger partial charge in [0.2, 0.25) is 0 Å². The van der Waals surface area contributed by atoms with Gasteiger partial charge in [0.15, 0.2) is 0 Å². The lowest BCUT2D eigenvalue weighted by Gasteiger charge is -2.29. The number of carboxylic acids is 1. The second kappa shape index (κ2) is 3.18. The lowest BCUT2D eigenvalue weighted by molar-refractivity contribution is -0.132. The van der Waals surface area contributed by atoms with E-state index in [0.717, 1.165) is 11.3 Å². The van der Waals surface area contributed by atoms with Gasteiger partial charge in [-0.05, 0) is 30.7 Å². The number of hydrogen-bond donors (Lipinski definition) is 1. The van der Waals surface area contributed by atoms with Gasteiger partial charge in [-0.2, -0.15) is 0 Å². The fourth-order valence-corrected chi connectivity index (χ4v) is 1.60. The largest absolute Gasteiger partial charge is 0.478 e. The first-order chi connectivity index (χ1) is 6.68. The summed E-state index contributed by atoms with van der Waals surface area (Å²) in [5.41, 5.74) is 2.67. The lowest BCUT2D eigenvalue weighted by Crippen LogP contribution is -2.27. The zero-order valence-corrected chi connectivity index (χ0v) is 7.90. The molecule has 2 aliphatic heterocycles. The van der Waals surface area contributed by atoms with Crippen molar-refractivity contribution in [2.75, 3.05) is 6.54 Å². The number of carbonyl (C=O) groups is 1. The first-order valence-corrected chi connectivity index (χ1v) is 4.45. The van der Waals surface area contributed by atoms with Crippen molar-refractivity contribution in [3.05, 3.63) is 47.3 Å². The molecule has 0 saturated heterocycles. The average Bonchev–Trinajstić information content (AvgIpc) is 2.17. The molecule has 0 fully saturated rings. The molecule has 3 heteroatoms. The average molecular weight is 189 g/mol. The molecule has 2 heterocycles. The minimum absolute atomic E-state index is 0.424. The molecular weight excluding hydrogens is 178 g/mol. The van der Waals surface area contributed by atoms with Crippen LogP contribution in [0.25, 0.3) is 0 Å². The highest BCUT2D eigenvalue weighted by molar-refractivity contribution is 5.88. The maximum Gasteiger partial charge on any atom is 0.333 e. The number of hydrogen-bond acceptors (Lipinski definition) is 2. The van der Waals surface area contributed by atoms with Crippen LogP contribution in [0.15, 0.2) is 47.3 Å². The molecule has 14 heavy (non-hydrogen) atoms. The van der Waals surface area contributed by atoms with E-state index >= 15 is 0 Å². The first kappa shape index (κ1) is 8.81. The van der Waals surface area contributed by atoms with Crippen LogP contribution in [0.3, 0.4) is 0 Å².